The van der Waals surface area contributed by atoms with Crippen LogP contribution in [0.4, 0.5) is 0 Å². The first-order chi connectivity index (χ1) is 11.6. The van der Waals surface area contributed by atoms with Crippen LogP contribution >= 0.6 is 0 Å². The Morgan fingerprint density at radius 3 is 1.15 bits per heavy atom. The Morgan fingerprint density at radius 2 is 0.963 bits per heavy atom. The van der Waals surface area contributed by atoms with Crippen molar-refractivity contribution in [2.45, 2.75) is 92.9 Å². The molecule has 0 fully saturated rings. The predicted molar refractivity (Wildman–Crippen MR) is 110 cm³/mol. The zero-order valence-electron chi connectivity index (χ0n) is 18.2. The van der Waals surface area contributed by atoms with Gasteiger partial charge in [0.25, 0.3) is 0 Å². The summed E-state index contributed by atoms with van der Waals surface area (Å²) in [6.07, 6.45) is 9.76. The average molecular weight is 576 g/mol. The first kappa shape index (κ1) is 31.8. The molecule has 27 heavy (non-hydrogen) atoms. The molecule has 152 valence electrons. The van der Waals surface area contributed by atoms with Crippen LogP contribution in [0.25, 0.3) is 0 Å². The van der Waals surface area contributed by atoms with Gasteiger partial charge in [-0.2, -0.15) is 45.5 Å². The third-order valence-corrected chi connectivity index (χ3v) is 4.86. The average Bonchev–Trinajstić information content (AvgIpc) is 3.19. The Balaban J connectivity index is -0.000000384. The number of halogens is 2. The smallest absolute Gasteiger partial charge is 1.00 e. The maximum atomic E-state index is 2.38. The second-order valence-corrected chi connectivity index (χ2v) is 6.74. The fraction of sp³-hybridized carbons (Fsp3) is 0.583. The fourth-order valence-corrected chi connectivity index (χ4v) is 3.53. The van der Waals surface area contributed by atoms with E-state index < -0.39 is 0 Å². The third kappa shape index (κ3) is 10.5. The molecule has 0 saturated carbocycles. The van der Waals surface area contributed by atoms with Crippen LogP contribution in [0, 0.1) is 0 Å². The van der Waals surface area contributed by atoms with E-state index in [0.717, 1.165) is 0 Å². The van der Waals surface area contributed by atoms with Gasteiger partial charge < -0.3 is 24.8 Å². The molecule has 0 amide bonds. The van der Waals surface area contributed by atoms with Gasteiger partial charge in [0.2, 0.25) is 0 Å². The molecule has 0 aromatic heterocycles. The molecule has 0 aliphatic heterocycles. The molecule has 0 bridgehead atoms. The molecule has 0 atom stereocenters. The van der Waals surface area contributed by atoms with Crippen molar-refractivity contribution >= 4 is 0 Å². The van der Waals surface area contributed by atoms with E-state index in [1.54, 1.807) is 22.3 Å². The van der Waals surface area contributed by atoms with E-state index in [1.165, 1.54) is 62.5 Å². The van der Waals surface area contributed by atoms with Crippen molar-refractivity contribution < 1.29 is 50.7 Å². The standard InChI is InChI=1S/2C12H19.2ClH.Hf/c2*1-4-7-10-8-11(5-2)12(6-3)9-10;;;/h2*8-9H,4-7H2,1-3H3;2*1H;/q2*-1;;;+4/p-2. The summed E-state index contributed by atoms with van der Waals surface area (Å²) in [6.45, 7) is 13.4. The van der Waals surface area contributed by atoms with Gasteiger partial charge in [-0.3, -0.25) is 0 Å². The number of rotatable bonds is 8. The van der Waals surface area contributed by atoms with Gasteiger partial charge in [-0.15, -0.1) is 0 Å². The molecule has 2 aromatic rings. The Bertz CT molecular complexity index is 486. The Hall–Kier alpha value is 0.150. The second kappa shape index (κ2) is 18.2. The van der Waals surface area contributed by atoms with Gasteiger partial charge in [0.1, 0.15) is 0 Å². The topological polar surface area (TPSA) is 0 Å². The molecule has 0 spiro atoms. The van der Waals surface area contributed by atoms with E-state index in [9.17, 15) is 0 Å². The summed E-state index contributed by atoms with van der Waals surface area (Å²) in [5.41, 5.74) is 9.29. The molecule has 0 N–H and O–H groups in total. The molecule has 0 aliphatic rings. The summed E-state index contributed by atoms with van der Waals surface area (Å²) in [4.78, 5) is 0. The van der Waals surface area contributed by atoms with Crippen LogP contribution < -0.4 is 24.8 Å². The van der Waals surface area contributed by atoms with Crippen molar-refractivity contribution in [3.05, 3.63) is 57.6 Å². The van der Waals surface area contributed by atoms with Crippen LogP contribution in [-0.4, -0.2) is 0 Å². The molecule has 0 heterocycles. The maximum absolute atomic E-state index is 2.38. The van der Waals surface area contributed by atoms with E-state index >= 15 is 0 Å². The first-order valence-corrected chi connectivity index (χ1v) is 10.2. The second-order valence-electron chi connectivity index (χ2n) is 6.74. The normalized spacial score (nSPS) is 9.41. The maximum Gasteiger partial charge on any atom is 4.00 e. The van der Waals surface area contributed by atoms with Crippen molar-refractivity contribution in [3.8, 4) is 0 Å². The monoisotopic (exact) mass is 576 g/mol. The van der Waals surface area contributed by atoms with Gasteiger partial charge >= 0.3 is 25.8 Å². The van der Waals surface area contributed by atoms with E-state index in [2.05, 4.69) is 65.8 Å². The summed E-state index contributed by atoms with van der Waals surface area (Å²) < 4.78 is 0. The molecule has 0 aliphatic carbocycles. The van der Waals surface area contributed by atoms with Crippen molar-refractivity contribution in [3.63, 3.8) is 0 Å². The molecule has 0 nitrogen and oxygen atoms in total. The summed E-state index contributed by atoms with van der Waals surface area (Å²) >= 11 is 0. The minimum absolute atomic E-state index is 0. The van der Waals surface area contributed by atoms with Crippen molar-refractivity contribution in [1.29, 1.82) is 0 Å². The SMILES string of the molecule is CCCc1cc(CC)[c-](CC)c1.CCCc1cc(CC)[c-](CC)c1.[Cl-].[Cl-].[Hf+4]. The first-order valence-electron chi connectivity index (χ1n) is 10.2. The quantitative estimate of drug-likeness (QED) is 0.325. The van der Waals surface area contributed by atoms with E-state index in [0.29, 0.717) is 0 Å². The van der Waals surface area contributed by atoms with Gasteiger partial charge in [0.05, 0.1) is 0 Å². The number of aryl methyl sites for hydroxylation is 6. The molecule has 2 rings (SSSR count). The van der Waals surface area contributed by atoms with Crippen LogP contribution in [0.1, 0.15) is 87.8 Å². The fourth-order valence-electron chi connectivity index (χ4n) is 3.53. The van der Waals surface area contributed by atoms with E-state index in [4.69, 9.17) is 0 Å². The predicted octanol–water partition coefficient (Wildman–Crippen LogP) is 0.971. The molecule has 0 radical (unpaired) electrons. The number of hydrogen-bond donors (Lipinski definition) is 0. The van der Waals surface area contributed by atoms with Crippen LogP contribution in [0.2, 0.25) is 0 Å². The molecular weight excluding hydrogens is 538 g/mol. The molecule has 0 unspecified atom stereocenters. The Labute approximate surface area is 200 Å². The van der Waals surface area contributed by atoms with Gasteiger partial charge in [0.15, 0.2) is 0 Å². The Morgan fingerprint density at radius 1 is 0.630 bits per heavy atom. The van der Waals surface area contributed by atoms with Gasteiger partial charge in [-0.25, -0.2) is 12.1 Å². The van der Waals surface area contributed by atoms with Gasteiger partial charge in [-0.05, 0) is 0 Å². The summed E-state index contributed by atoms with van der Waals surface area (Å²) in [5, 5.41) is 0. The van der Waals surface area contributed by atoms with Crippen LogP contribution in [0.15, 0.2) is 24.3 Å². The summed E-state index contributed by atoms with van der Waals surface area (Å²) in [5.74, 6) is 0. The summed E-state index contributed by atoms with van der Waals surface area (Å²) in [7, 11) is 0. The molecule has 0 saturated heterocycles. The zero-order chi connectivity index (χ0) is 17.9. The van der Waals surface area contributed by atoms with Crippen LogP contribution in [0.5, 0.6) is 0 Å². The largest absolute Gasteiger partial charge is 4.00 e. The molecule has 3 heteroatoms. The van der Waals surface area contributed by atoms with Crippen LogP contribution in [0.3, 0.4) is 0 Å². The van der Waals surface area contributed by atoms with Crippen LogP contribution in [-0.2, 0) is 64.4 Å². The molecular formula is C24H38Cl2Hf. The molecule has 2 aromatic carbocycles. The van der Waals surface area contributed by atoms with E-state index in [-0.39, 0.29) is 50.7 Å². The Kier molecular flexibility index (Phi) is 21.5. The van der Waals surface area contributed by atoms with Gasteiger partial charge in [0, 0.05) is 0 Å². The van der Waals surface area contributed by atoms with Crippen molar-refractivity contribution in [2.24, 2.45) is 0 Å². The van der Waals surface area contributed by atoms with Gasteiger partial charge in [-0.1, -0.05) is 92.9 Å². The van der Waals surface area contributed by atoms with Crippen molar-refractivity contribution in [1.82, 2.24) is 0 Å². The number of hydrogen-bond acceptors (Lipinski definition) is 0. The van der Waals surface area contributed by atoms with E-state index in [1.807, 2.05) is 0 Å². The van der Waals surface area contributed by atoms with Crippen molar-refractivity contribution in [2.75, 3.05) is 0 Å². The summed E-state index contributed by atoms with van der Waals surface area (Å²) in [6, 6.07) is 9.51. The minimum Gasteiger partial charge on any atom is -1.00 e. The minimum atomic E-state index is 0. The zero-order valence-corrected chi connectivity index (χ0v) is 23.3. The third-order valence-electron chi connectivity index (χ3n) is 4.86.